The highest BCUT2D eigenvalue weighted by Gasteiger charge is 2.06. The minimum Gasteiger partial charge on any atom is -0.508 e. The summed E-state index contributed by atoms with van der Waals surface area (Å²) in [5.74, 6) is 0.305. The minimum atomic E-state index is 0.305. The summed E-state index contributed by atoms with van der Waals surface area (Å²) in [6.45, 7) is 0.567. The molecule has 3 aromatic carbocycles. The van der Waals surface area contributed by atoms with Crippen molar-refractivity contribution in [3.8, 4) is 11.4 Å². The van der Waals surface area contributed by atoms with Crippen molar-refractivity contribution in [3.05, 3.63) is 84.7 Å². The van der Waals surface area contributed by atoms with E-state index in [1.54, 1.807) is 6.07 Å². The Morgan fingerprint density at radius 1 is 0.917 bits per heavy atom. The van der Waals surface area contributed by atoms with Gasteiger partial charge in [0.25, 0.3) is 0 Å². The summed E-state index contributed by atoms with van der Waals surface area (Å²) in [4.78, 5) is 4.50. The summed E-state index contributed by atoms with van der Waals surface area (Å²) < 4.78 is 2.07. The van der Waals surface area contributed by atoms with Gasteiger partial charge in [0.2, 0.25) is 0 Å². The number of fused-ring (bicyclic) bond motifs is 1. The Morgan fingerprint density at radius 2 is 1.71 bits per heavy atom. The Bertz CT molecular complexity index is 977. The lowest BCUT2D eigenvalue weighted by Gasteiger charge is -2.09. The number of para-hydroxylation sites is 2. The van der Waals surface area contributed by atoms with Crippen LogP contribution in [-0.4, -0.2) is 14.7 Å². The maximum Gasteiger partial charge on any atom is 0.120 e. The molecule has 2 N–H and O–H groups in total. The molecule has 0 aliphatic heterocycles. The third-order valence-corrected chi connectivity index (χ3v) is 4.06. The number of phenolic OH excluding ortho intramolecular Hbond substituents is 1. The number of nitrogens with one attached hydrogen (secondary N) is 1. The monoisotopic (exact) mass is 315 g/mol. The van der Waals surface area contributed by atoms with Crippen LogP contribution in [0.4, 0.5) is 5.69 Å². The lowest BCUT2D eigenvalue weighted by Crippen LogP contribution is -1.99. The summed E-state index contributed by atoms with van der Waals surface area (Å²) in [5.41, 5.74) is 4.93. The van der Waals surface area contributed by atoms with E-state index in [1.807, 2.05) is 54.9 Å². The first-order valence-corrected chi connectivity index (χ1v) is 7.84. The highest BCUT2D eigenvalue weighted by atomic mass is 16.3. The predicted molar refractivity (Wildman–Crippen MR) is 96.5 cm³/mol. The van der Waals surface area contributed by atoms with Gasteiger partial charge in [-0.25, -0.2) is 4.98 Å². The first-order chi connectivity index (χ1) is 11.8. The molecular formula is C20H17N3O. The fraction of sp³-hybridized carbons (Fsp3) is 0.0500. The van der Waals surface area contributed by atoms with Crippen molar-refractivity contribution in [2.45, 2.75) is 6.54 Å². The van der Waals surface area contributed by atoms with Crippen LogP contribution in [0.1, 0.15) is 5.56 Å². The van der Waals surface area contributed by atoms with Crippen LogP contribution in [0.25, 0.3) is 16.7 Å². The third-order valence-electron chi connectivity index (χ3n) is 4.06. The summed E-state index contributed by atoms with van der Waals surface area (Å²) >= 11 is 0. The molecule has 0 radical (unpaired) electrons. The number of benzene rings is 3. The minimum absolute atomic E-state index is 0.305. The Balaban J connectivity index is 1.60. The van der Waals surface area contributed by atoms with Gasteiger partial charge in [0, 0.05) is 23.5 Å². The maximum absolute atomic E-state index is 9.83. The molecule has 24 heavy (non-hydrogen) atoms. The molecule has 4 aromatic rings. The number of rotatable bonds is 4. The molecular weight excluding hydrogens is 298 g/mol. The zero-order chi connectivity index (χ0) is 16.4. The van der Waals surface area contributed by atoms with Crippen molar-refractivity contribution in [2.75, 3.05) is 5.32 Å². The van der Waals surface area contributed by atoms with E-state index in [0.717, 1.165) is 28.0 Å². The van der Waals surface area contributed by atoms with E-state index in [-0.39, 0.29) is 0 Å². The topological polar surface area (TPSA) is 50.1 Å². The van der Waals surface area contributed by atoms with E-state index >= 15 is 0 Å². The lowest BCUT2D eigenvalue weighted by molar-refractivity contribution is 0.469. The van der Waals surface area contributed by atoms with Gasteiger partial charge in [0.05, 0.1) is 11.0 Å². The second-order valence-corrected chi connectivity index (χ2v) is 5.64. The lowest BCUT2D eigenvalue weighted by atomic mass is 10.2. The van der Waals surface area contributed by atoms with Crippen molar-refractivity contribution in [2.24, 2.45) is 0 Å². The van der Waals surface area contributed by atoms with Crippen LogP contribution in [0.3, 0.4) is 0 Å². The van der Waals surface area contributed by atoms with E-state index in [2.05, 4.69) is 33.1 Å². The van der Waals surface area contributed by atoms with Crippen LogP contribution in [-0.2, 0) is 6.54 Å². The number of imidazole rings is 1. The second-order valence-electron chi connectivity index (χ2n) is 5.64. The quantitative estimate of drug-likeness (QED) is 0.589. The largest absolute Gasteiger partial charge is 0.508 e. The molecule has 0 fully saturated rings. The molecule has 0 spiro atoms. The molecule has 0 saturated heterocycles. The maximum atomic E-state index is 9.83. The number of nitrogens with zero attached hydrogens (tertiary/aromatic N) is 2. The summed E-state index contributed by atoms with van der Waals surface area (Å²) in [6.07, 6.45) is 1.84. The van der Waals surface area contributed by atoms with Crippen molar-refractivity contribution in [3.63, 3.8) is 0 Å². The number of anilines is 1. The SMILES string of the molecule is Oc1ccccc1CNc1ccc2c(c1)ncn2-c1ccccc1. The molecule has 0 saturated carbocycles. The van der Waals surface area contributed by atoms with Crippen LogP contribution >= 0.6 is 0 Å². The van der Waals surface area contributed by atoms with Crippen molar-refractivity contribution in [1.82, 2.24) is 9.55 Å². The molecule has 1 aromatic heterocycles. The van der Waals surface area contributed by atoms with Crippen LogP contribution in [0.2, 0.25) is 0 Å². The van der Waals surface area contributed by atoms with Gasteiger partial charge in [-0.2, -0.15) is 0 Å². The van der Waals surface area contributed by atoms with Gasteiger partial charge in [-0.1, -0.05) is 36.4 Å². The van der Waals surface area contributed by atoms with Crippen molar-refractivity contribution >= 4 is 16.7 Å². The third kappa shape index (κ3) is 2.70. The molecule has 4 heteroatoms. The Hall–Kier alpha value is -3.27. The van der Waals surface area contributed by atoms with E-state index in [0.29, 0.717) is 12.3 Å². The number of hydrogen-bond donors (Lipinski definition) is 2. The van der Waals surface area contributed by atoms with Crippen LogP contribution in [0, 0.1) is 0 Å². The fourth-order valence-corrected chi connectivity index (χ4v) is 2.77. The number of phenols is 1. The second kappa shape index (κ2) is 6.08. The van der Waals surface area contributed by atoms with Gasteiger partial charge in [-0.15, -0.1) is 0 Å². The smallest absolute Gasteiger partial charge is 0.120 e. The van der Waals surface area contributed by atoms with Crippen molar-refractivity contribution < 1.29 is 5.11 Å². The van der Waals surface area contributed by atoms with Crippen molar-refractivity contribution in [1.29, 1.82) is 0 Å². The van der Waals surface area contributed by atoms with Gasteiger partial charge in [0.1, 0.15) is 12.1 Å². The van der Waals surface area contributed by atoms with Crippen LogP contribution in [0.15, 0.2) is 79.1 Å². The van der Waals surface area contributed by atoms with Gasteiger partial charge >= 0.3 is 0 Å². The van der Waals surface area contributed by atoms with E-state index in [4.69, 9.17) is 0 Å². The van der Waals surface area contributed by atoms with Gasteiger partial charge < -0.3 is 10.4 Å². The predicted octanol–water partition coefficient (Wildman–Crippen LogP) is 4.34. The molecule has 0 unspecified atom stereocenters. The van der Waals surface area contributed by atoms with Gasteiger partial charge in [0.15, 0.2) is 0 Å². The zero-order valence-corrected chi connectivity index (χ0v) is 13.1. The highest BCUT2D eigenvalue weighted by Crippen LogP contribution is 2.23. The Kier molecular flexibility index (Phi) is 3.63. The molecule has 0 amide bonds. The molecule has 0 aliphatic rings. The molecule has 4 nitrogen and oxygen atoms in total. The average molecular weight is 315 g/mol. The Morgan fingerprint density at radius 3 is 2.54 bits per heavy atom. The summed E-state index contributed by atoms with van der Waals surface area (Å²) in [7, 11) is 0. The molecule has 0 bridgehead atoms. The standard InChI is InChI=1S/C20H17N3O/c24-20-9-5-4-6-15(20)13-21-16-10-11-19-18(12-16)22-14-23(19)17-7-2-1-3-8-17/h1-12,14,21,24H,13H2. The summed E-state index contributed by atoms with van der Waals surface area (Å²) in [5, 5.41) is 13.2. The molecule has 4 rings (SSSR count). The molecule has 118 valence electrons. The van der Waals surface area contributed by atoms with E-state index in [1.165, 1.54) is 0 Å². The first kappa shape index (κ1) is 14.3. The molecule has 0 atom stereocenters. The highest BCUT2D eigenvalue weighted by molar-refractivity contribution is 5.81. The zero-order valence-electron chi connectivity index (χ0n) is 13.1. The fourth-order valence-electron chi connectivity index (χ4n) is 2.77. The van der Waals surface area contributed by atoms with E-state index < -0.39 is 0 Å². The first-order valence-electron chi connectivity index (χ1n) is 7.84. The van der Waals surface area contributed by atoms with Gasteiger partial charge in [-0.3, -0.25) is 4.57 Å². The summed E-state index contributed by atoms with van der Waals surface area (Å²) in [6, 6.07) is 23.6. The normalized spacial score (nSPS) is 10.8. The van der Waals surface area contributed by atoms with Gasteiger partial charge in [-0.05, 0) is 36.4 Å². The average Bonchev–Trinajstić information content (AvgIpc) is 3.05. The Labute approximate surface area is 140 Å². The van der Waals surface area contributed by atoms with Crippen LogP contribution in [0.5, 0.6) is 5.75 Å². The number of aromatic hydroxyl groups is 1. The number of hydrogen-bond acceptors (Lipinski definition) is 3. The van der Waals surface area contributed by atoms with Crippen LogP contribution < -0.4 is 5.32 Å². The number of aromatic nitrogens is 2. The molecule has 0 aliphatic carbocycles. The van der Waals surface area contributed by atoms with E-state index in [9.17, 15) is 5.11 Å². The molecule has 1 heterocycles.